The summed E-state index contributed by atoms with van der Waals surface area (Å²) in [6.07, 6.45) is 5.36. The third-order valence-electron chi connectivity index (χ3n) is 3.20. The number of ketones is 1. The summed E-state index contributed by atoms with van der Waals surface area (Å²) in [6, 6.07) is 0. The first-order chi connectivity index (χ1) is 6.41. The fourth-order valence-electron chi connectivity index (χ4n) is 1.91. The van der Waals surface area contributed by atoms with Crippen molar-refractivity contribution in [3.63, 3.8) is 0 Å². The summed E-state index contributed by atoms with van der Waals surface area (Å²) >= 11 is 4.52. The van der Waals surface area contributed by atoms with E-state index in [0.717, 1.165) is 12.8 Å². The van der Waals surface area contributed by atoms with Gasteiger partial charge in [-0.3, -0.25) is 4.79 Å². The molecule has 0 aromatic rings. The molecule has 0 aromatic carbocycles. The minimum atomic E-state index is 0.136. The quantitative estimate of drug-likeness (QED) is 0.712. The molecule has 0 amide bonds. The highest BCUT2D eigenvalue weighted by atomic mass is 32.1. The summed E-state index contributed by atoms with van der Waals surface area (Å²) in [4.78, 5) is 11.9. The van der Waals surface area contributed by atoms with Crippen LogP contribution in [0.2, 0.25) is 0 Å². The van der Waals surface area contributed by atoms with Crippen LogP contribution in [0.4, 0.5) is 0 Å². The fourth-order valence-corrected chi connectivity index (χ4v) is 2.09. The number of hydrogen-bond acceptors (Lipinski definition) is 2. The Morgan fingerprint density at radius 1 is 1.36 bits per heavy atom. The van der Waals surface area contributed by atoms with Crippen LogP contribution in [0.15, 0.2) is 0 Å². The first-order valence-corrected chi connectivity index (χ1v) is 6.13. The van der Waals surface area contributed by atoms with E-state index in [9.17, 15) is 4.79 Å². The van der Waals surface area contributed by atoms with Crippen LogP contribution in [-0.4, -0.2) is 11.0 Å². The van der Waals surface area contributed by atoms with Crippen molar-refractivity contribution in [1.82, 2.24) is 0 Å². The zero-order valence-electron chi connectivity index (χ0n) is 9.55. The second-order valence-corrected chi connectivity index (χ2v) is 6.16. The second-order valence-electron chi connectivity index (χ2n) is 5.53. The van der Waals surface area contributed by atoms with E-state index >= 15 is 0 Å². The molecule has 2 heteroatoms. The summed E-state index contributed by atoms with van der Waals surface area (Å²) in [5, 5.41) is 0.204. The van der Waals surface area contributed by atoms with E-state index in [4.69, 9.17) is 0 Å². The average molecular weight is 214 g/mol. The molecular weight excluding hydrogens is 192 g/mol. The Hall–Kier alpha value is 0.0200. The third-order valence-corrected chi connectivity index (χ3v) is 4.16. The molecule has 0 bridgehead atoms. The molecule has 1 nitrogen and oxygen atoms in total. The molecule has 0 radical (unpaired) electrons. The van der Waals surface area contributed by atoms with Crippen molar-refractivity contribution in [1.29, 1.82) is 0 Å². The predicted molar refractivity (Wildman–Crippen MR) is 63.8 cm³/mol. The lowest BCUT2D eigenvalue weighted by atomic mass is 9.86. The number of carbonyl (C=O) groups is 1. The SMILES string of the molecule is CC(C)(C)C(S)CC(=O)C1CCCC1. The first kappa shape index (κ1) is 12.1. The van der Waals surface area contributed by atoms with Crippen LogP contribution in [0.5, 0.6) is 0 Å². The lowest BCUT2D eigenvalue weighted by Gasteiger charge is -2.26. The summed E-state index contributed by atoms with van der Waals surface area (Å²) in [6.45, 7) is 6.44. The van der Waals surface area contributed by atoms with Gasteiger partial charge in [0.1, 0.15) is 5.78 Å². The Labute approximate surface area is 93.1 Å². The lowest BCUT2D eigenvalue weighted by Crippen LogP contribution is -2.26. The molecule has 0 spiro atoms. The molecule has 1 atom stereocenters. The molecule has 14 heavy (non-hydrogen) atoms. The number of carbonyl (C=O) groups excluding carboxylic acids is 1. The van der Waals surface area contributed by atoms with Crippen LogP contribution in [0.3, 0.4) is 0 Å². The number of thiol groups is 1. The number of hydrogen-bond donors (Lipinski definition) is 1. The van der Waals surface area contributed by atoms with E-state index in [-0.39, 0.29) is 10.7 Å². The molecule has 0 N–H and O–H groups in total. The molecule has 0 aromatic heterocycles. The second kappa shape index (κ2) is 4.69. The van der Waals surface area contributed by atoms with Gasteiger partial charge in [0.2, 0.25) is 0 Å². The highest BCUT2D eigenvalue weighted by Crippen LogP contribution is 2.31. The van der Waals surface area contributed by atoms with Crippen molar-refractivity contribution in [2.75, 3.05) is 0 Å². The molecule has 82 valence electrons. The Bertz CT molecular complexity index is 199. The lowest BCUT2D eigenvalue weighted by molar-refractivity contribution is -0.123. The maximum atomic E-state index is 11.9. The zero-order valence-corrected chi connectivity index (χ0v) is 10.4. The summed E-state index contributed by atoms with van der Waals surface area (Å²) < 4.78 is 0. The average Bonchev–Trinajstić information content (AvgIpc) is 2.53. The van der Waals surface area contributed by atoms with Crippen molar-refractivity contribution in [3.8, 4) is 0 Å². The Kier molecular flexibility index (Phi) is 4.05. The highest BCUT2D eigenvalue weighted by Gasteiger charge is 2.28. The third kappa shape index (κ3) is 3.30. The number of rotatable bonds is 3. The van der Waals surface area contributed by atoms with Gasteiger partial charge in [0.05, 0.1) is 0 Å². The van der Waals surface area contributed by atoms with Gasteiger partial charge < -0.3 is 0 Å². The van der Waals surface area contributed by atoms with Gasteiger partial charge in [-0.15, -0.1) is 0 Å². The van der Waals surface area contributed by atoms with Gasteiger partial charge in [-0.05, 0) is 18.3 Å². The molecule has 1 fully saturated rings. The Balaban J connectivity index is 2.40. The van der Waals surface area contributed by atoms with Crippen LogP contribution < -0.4 is 0 Å². The van der Waals surface area contributed by atoms with Crippen LogP contribution in [-0.2, 0) is 4.79 Å². The molecule has 0 aliphatic heterocycles. The molecule has 1 unspecified atom stereocenters. The van der Waals surface area contributed by atoms with Crippen molar-refractivity contribution in [2.24, 2.45) is 11.3 Å². The van der Waals surface area contributed by atoms with Crippen LogP contribution in [0, 0.1) is 11.3 Å². The van der Waals surface area contributed by atoms with Gasteiger partial charge in [0.25, 0.3) is 0 Å². The van der Waals surface area contributed by atoms with E-state index in [2.05, 4.69) is 33.4 Å². The molecule has 1 aliphatic rings. The Morgan fingerprint density at radius 3 is 2.29 bits per heavy atom. The largest absolute Gasteiger partial charge is 0.299 e. The topological polar surface area (TPSA) is 17.1 Å². The van der Waals surface area contributed by atoms with Crippen LogP contribution >= 0.6 is 12.6 Å². The summed E-state index contributed by atoms with van der Waals surface area (Å²) in [5.74, 6) is 0.796. The van der Waals surface area contributed by atoms with Gasteiger partial charge in [0.15, 0.2) is 0 Å². The van der Waals surface area contributed by atoms with Crippen LogP contribution in [0.1, 0.15) is 52.9 Å². The van der Waals surface area contributed by atoms with Crippen molar-refractivity contribution < 1.29 is 4.79 Å². The van der Waals surface area contributed by atoms with E-state index in [1.807, 2.05) is 0 Å². The monoisotopic (exact) mass is 214 g/mol. The maximum Gasteiger partial charge on any atom is 0.137 e. The summed E-state index contributed by atoms with van der Waals surface area (Å²) in [7, 11) is 0. The van der Waals surface area contributed by atoms with Gasteiger partial charge in [0, 0.05) is 17.6 Å². The maximum absolute atomic E-state index is 11.9. The number of Topliss-reactive ketones (excluding diaryl/α,β-unsaturated/α-hetero) is 1. The highest BCUT2D eigenvalue weighted by molar-refractivity contribution is 7.81. The summed E-state index contributed by atoms with van der Waals surface area (Å²) in [5.41, 5.74) is 0.136. The van der Waals surface area contributed by atoms with Gasteiger partial charge >= 0.3 is 0 Å². The van der Waals surface area contributed by atoms with Gasteiger partial charge in [-0.1, -0.05) is 33.6 Å². The van der Waals surface area contributed by atoms with Gasteiger partial charge in [-0.2, -0.15) is 12.6 Å². The minimum absolute atomic E-state index is 0.136. The standard InChI is InChI=1S/C12H22OS/c1-12(2,3)11(14)8-10(13)9-6-4-5-7-9/h9,11,14H,4-8H2,1-3H3. The molecule has 1 aliphatic carbocycles. The van der Waals surface area contributed by atoms with Crippen molar-refractivity contribution in [2.45, 2.75) is 58.1 Å². The minimum Gasteiger partial charge on any atom is -0.299 e. The predicted octanol–water partition coefficient (Wildman–Crippen LogP) is 3.48. The normalized spacial score (nSPS) is 21.1. The smallest absolute Gasteiger partial charge is 0.137 e. The fraction of sp³-hybridized carbons (Fsp3) is 0.917. The van der Waals surface area contributed by atoms with E-state index < -0.39 is 0 Å². The van der Waals surface area contributed by atoms with E-state index in [1.54, 1.807) is 0 Å². The van der Waals surface area contributed by atoms with Crippen molar-refractivity contribution >= 4 is 18.4 Å². The molecule has 0 saturated heterocycles. The molecule has 1 rings (SSSR count). The molecule has 1 saturated carbocycles. The van der Waals surface area contributed by atoms with Crippen LogP contribution in [0.25, 0.3) is 0 Å². The van der Waals surface area contributed by atoms with E-state index in [0.29, 0.717) is 18.1 Å². The van der Waals surface area contributed by atoms with Gasteiger partial charge in [-0.25, -0.2) is 0 Å². The Morgan fingerprint density at radius 2 is 1.86 bits per heavy atom. The van der Waals surface area contributed by atoms with Crippen molar-refractivity contribution in [3.05, 3.63) is 0 Å². The van der Waals surface area contributed by atoms with E-state index in [1.165, 1.54) is 12.8 Å². The molecule has 0 heterocycles. The first-order valence-electron chi connectivity index (χ1n) is 5.62. The molecular formula is C12H22OS. The zero-order chi connectivity index (χ0) is 10.8.